The molecule has 4 N–H and O–H groups in total. The van der Waals surface area contributed by atoms with Gasteiger partial charge in [0.1, 0.15) is 0 Å². The molecular weight excluding hydrogens is 400 g/mol. The van der Waals surface area contributed by atoms with Gasteiger partial charge in [0.15, 0.2) is 5.11 Å². The Bertz CT molecular complexity index is 958. The number of carbonyl (C=O) groups excluding carboxylic acids is 3. The van der Waals surface area contributed by atoms with Gasteiger partial charge in [0, 0.05) is 24.6 Å². The van der Waals surface area contributed by atoms with Gasteiger partial charge in [-0.15, -0.1) is 0 Å². The van der Waals surface area contributed by atoms with E-state index >= 15 is 0 Å². The summed E-state index contributed by atoms with van der Waals surface area (Å²) in [5.74, 6) is -1.13. The molecule has 0 spiro atoms. The average Bonchev–Trinajstić information content (AvgIpc) is 2.72. The lowest BCUT2D eigenvalue weighted by atomic mass is 10.1. The highest BCUT2D eigenvalue weighted by Crippen LogP contribution is 2.16. The van der Waals surface area contributed by atoms with E-state index in [0.29, 0.717) is 0 Å². The minimum absolute atomic E-state index is 0.0137. The molecule has 0 aliphatic heterocycles. The first-order chi connectivity index (χ1) is 14.3. The van der Waals surface area contributed by atoms with Crippen LogP contribution in [0.3, 0.4) is 0 Å². The summed E-state index contributed by atoms with van der Waals surface area (Å²) in [5, 5.41) is 5.15. The Morgan fingerprint density at radius 2 is 1.63 bits per heavy atom. The number of amides is 3. The van der Waals surface area contributed by atoms with Crippen molar-refractivity contribution in [1.82, 2.24) is 16.2 Å². The molecule has 0 bridgehead atoms. The number of aryl methyl sites for hydroxylation is 2. The summed E-state index contributed by atoms with van der Waals surface area (Å²) in [4.78, 5) is 35.7. The molecule has 0 aliphatic rings. The Morgan fingerprint density at radius 1 is 0.933 bits per heavy atom. The van der Waals surface area contributed by atoms with Crippen LogP contribution in [0.5, 0.6) is 0 Å². The maximum atomic E-state index is 12.0. The van der Waals surface area contributed by atoms with Crippen molar-refractivity contribution in [2.75, 3.05) is 5.32 Å². The summed E-state index contributed by atoms with van der Waals surface area (Å²) in [6.45, 7) is 3.88. The van der Waals surface area contributed by atoms with E-state index in [4.69, 9.17) is 12.2 Å². The van der Waals surface area contributed by atoms with Crippen molar-refractivity contribution in [2.45, 2.75) is 26.7 Å². The van der Waals surface area contributed by atoms with E-state index in [9.17, 15) is 14.4 Å². The monoisotopic (exact) mass is 424 g/mol. The predicted molar refractivity (Wildman–Crippen MR) is 121 cm³/mol. The Labute approximate surface area is 180 Å². The fourth-order valence-corrected chi connectivity index (χ4v) is 2.66. The molecule has 2 aromatic rings. The Kier molecular flexibility index (Phi) is 8.71. The zero-order valence-electron chi connectivity index (χ0n) is 16.8. The second-order valence-electron chi connectivity index (χ2n) is 6.60. The number of hydrogen-bond acceptors (Lipinski definition) is 4. The number of thiocarbonyl (C=S) groups is 1. The van der Waals surface area contributed by atoms with Crippen molar-refractivity contribution in [1.29, 1.82) is 0 Å². The number of hydrogen-bond donors (Lipinski definition) is 4. The van der Waals surface area contributed by atoms with Crippen LogP contribution in [0.2, 0.25) is 0 Å². The molecule has 0 aromatic heterocycles. The van der Waals surface area contributed by atoms with E-state index < -0.39 is 11.8 Å². The Balaban J connectivity index is 1.67. The molecule has 30 heavy (non-hydrogen) atoms. The fraction of sp³-hybridized carbons (Fsp3) is 0.182. The highest BCUT2D eigenvalue weighted by atomic mass is 32.1. The first-order valence-electron chi connectivity index (χ1n) is 9.33. The minimum Gasteiger partial charge on any atom is -0.326 e. The lowest BCUT2D eigenvalue weighted by Crippen LogP contribution is -2.48. The number of hydrazine groups is 1. The lowest BCUT2D eigenvalue weighted by Gasteiger charge is -2.11. The Morgan fingerprint density at radius 3 is 2.33 bits per heavy atom. The van der Waals surface area contributed by atoms with Gasteiger partial charge in [-0.3, -0.25) is 30.6 Å². The summed E-state index contributed by atoms with van der Waals surface area (Å²) >= 11 is 4.96. The molecule has 2 aromatic carbocycles. The van der Waals surface area contributed by atoms with Crippen LogP contribution < -0.4 is 21.5 Å². The summed E-state index contributed by atoms with van der Waals surface area (Å²) < 4.78 is 0. The quantitative estimate of drug-likeness (QED) is 0.325. The number of anilines is 1. The standard InChI is InChI=1S/C22H24N4O3S/c1-15-8-10-18(16(2)14-15)23-19(27)12-13-21(29)25-26-22(30)24-20(28)11-9-17-6-4-3-5-7-17/h3-11,14H,12-13H2,1-2H3,(H,23,27)(H,25,29)(H2,24,26,28,30)/b11-9+. The molecule has 7 nitrogen and oxygen atoms in total. The van der Waals surface area contributed by atoms with E-state index in [-0.39, 0.29) is 23.9 Å². The van der Waals surface area contributed by atoms with Gasteiger partial charge in [0.2, 0.25) is 17.7 Å². The molecule has 0 aliphatic carbocycles. The van der Waals surface area contributed by atoms with E-state index in [1.165, 1.54) is 6.08 Å². The SMILES string of the molecule is Cc1ccc(NC(=O)CCC(=O)NNC(=S)NC(=O)/C=C/c2ccccc2)c(C)c1. The molecule has 8 heteroatoms. The van der Waals surface area contributed by atoms with E-state index in [1.54, 1.807) is 6.08 Å². The van der Waals surface area contributed by atoms with Crippen LogP contribution in [-0.2, 0) is 14.4 Å². The molecule has 3 amide bonds. The first kappa shape index (κ1) is 22.8. The summed E-state index contributed by atoms with van der Waals surface area (Å²) in [5.41, 5.74) is 8.44. The van der Waals surface area contributed by atoms with Crippen molar-refractivity contribution in [3.05, 3.63) is 71.3 Å². The summed E-state index contributed by atoms with van der Waals surface area (Å²) in [6, 6.07) is 15.0. The van der Waals surface area contributed by atoms with Crippen molar-refractivity contribution >= 4 is 46.8 Å². The van der Waals surface area contributed by atoms with Crippen molar-refractivity contribution in [3.8, 4) is 0 Å². The van der Waals surface area contributed by atoms with Crippen LogP contribution in [-0.4, -0.2) is 22.8 Å². The normalized spacial score (nSPS) is 10.3. The van der Waals surface area contributed by atoms with E-state index in [2.05, 4.69) is 21.5 Å². The Hall–Kier alpha value is -3.52. The van der Waals surface area contributed by atoms with Gasteiger partial charge < -0.3 is 5.32 Å². The third kappa shape index (κ3) is 8.24. The van der Waals surface area contributed by atoms with Crippen LogP contribution in [0, 0.1) is 13.8 Å². The summed E-state index contributed by atoms with van der Waals surface area (Å²) in [6.07, 6.45) is 2.96. The highest BCUT2D eigenvalue weighted by molar-refractivity contribution is 7.80. The zero-order valence-corrected chi connectivity index (χ0v) is 17.6. The molecule has 0 fully saturated rings. The van der Waals surface area contributed by atoms with Crippen molar-refractivity contribution in [3.63, 3.8) is 0 Å². The van der Waals surface area contributed by atoms with Gasteiger partial charge >= 0.3 is 0 Å². The zero-order chi connectivity index (χ0) is 21.9. The van der Waals surface area contributed by atoms with Gasteiger partial charge in [-0.05, 0) is 49.3 Å². The number of nitrogens with one attached hydrogen (secondary N) is 4. The van der Waals surface area contributed by atoms with Crippen LogP contribution >= 0.6 is 12.2 Å². The van der Waals surface area contributed by atoms with Gasteiger partial charge in [-0.1, -0.05) is 48.0 Å². The number of benzene rings is 2. The highest BCUT2D eigenvalue weighted by Gasteiger charge is 2.09. The first-order valence-corrected chi connectivity index (χ1v) is 9.74. The van der Waals surface area contributed by atoms with Crippen LogP contribution in [0.25, 0.3) is 6.08 Å². The molecule has 0 heterocycles. The third-order valence-electron chi connectivity index (χ3n) is 4.01. The largest absolute Gasteiger partial charge is 0.326 e. The molecule has 0 atom stereocenters. The molecule has 0 saturated heterocycles. The number of rotatable bonds is 6. The minimum atomic E-state index is -0.432. The predicted octanol–water partition coefficient (Wildman–Crippen LogP) is 2.76. The topological polar surface area (TPSA) is 99.3 Å². The summed E-state index contributed by atoms with van der Waals surface area (Å²) in [7, 11) is 0. The molecule has 0 radical (unpaired) electrons. The van der Waals surface area contributed by atoms with Gasteiger partial charge in [0.05, 0.1) is 0 Å². The smallest absolute Gasteiger partial charge is 0.250 e. The molecule has 156 valence electrons. The molecule has 0 saturated carbocycles. The van der Waals surface area contributed by atoms with Crippen LogP contribution in [0.15, 0.2) is 54.6 Å². The maximum absolute atomic E-state index is 12.0. The molecule has 0 unspecified atom stereocenters. The lowest BCUT2D eigenvalue weighted by molar-refractivity contribution is -0.124. The van der Waals surface area contributed by atoms with Gasteiger partial charge in [0.25, 0.3) is 0 Å². The second-order valence-corrected chi connectivity index (χ2v) is 7.01. The molecule has 2 rings (SSSR count). The fourth-order valence-electron chi connectivity index (χ4n) is 2.50. The van der Waals surface area contributed by atoms with Crippen molar-refractivity contribution in [2.24, 2.45) is 0 Å². The van der Waals surface area contributed by atoms with E-state index in [1.807, 2.05) is 62.4 Å². The van der Waals surface area contributed by atoms with Gasteiger partial charge in [-0.2, -0.15) is 0 Å². The van der Waals surface area contributed by atoms with Crippen LogP contribution in [0.4, 0.5) is 5.69 Å². The average molecular weight is 425 g/mol. The van der Waals surface area contributed by atoms with E-state index in [0.717, 1.165) is 22.4 Å². The number of carbonyl (C=O) groups is 3. The van der Waals surface area contributed by atoms with Crippen molar-refractivity contribution < 1.29 is 14.4 Å². The maximum Gasteiger partial charge on any atom is 0.250 e. The second kappa shape index (κ2) is 11.5. The van der Waals surface area contributed by atoms with Gasteiger partial charge in [-0.25, -0.2) is 0 Å². The molecular formula is C22H24N4O3S. The van der Waals surface area contributed by atoms with Crippen LogP contribution in [0.1, 0.15) is 29.5 Å². The third-order valence-corrected chi connectivity index (χ3v) is 4.22.